The van der Waals surface area contributed by atoms with Crippen LogP contribution in [0.3, 0.4) is 0 Å². The summed E-state index contributed by atoms with van der Waals surface area (Å²) < 4.78 is 27.2. The van der Waals surface area contributed by atoms with Gasteiger partial charge in [0.2, 0.25) is 0 Å². The summed E-state index contributed by atoms with van der Waals surface area (Å²) in [5.74, 6) is -0.893. The van der Waals surface area contributed by atoms with Crippen LogP contribution in [-0.2, 0) is 0 Å². The molecule has 0 aliphatic rings. The Labute approximate surface area is 117 Å². The van der Waals surface area contributed by atoms with E-state index in [1.807, 2.05) is 0 Å². The second-order valence-electron chi connectivity index (χ2n) is 3.79. The van der Waals surface area contributed by atoms with Crippen molar-refractivity contribution in [2.75, 3.05) is 0 Å². The highest BCUT2D eigenvalue weighted by atomic mass is 79.9. The lowest BCUT2D eigenvalue weighted by Gasteiger charge is -2.15. The normalized spacial score (nSPS) is 12.5. The molecule has 0 fully saturated rings. The monoisotopic (exact) mass is 331 g/mol. The van der Waals surface area contributed by atoms with Gasteiger partial charge in [-0.15, -0.1) is 0 Å². The lowest BCUT2D eigenvalue weighted by Crippen LogP contribution is -2.14. The molecule has 0 amide bonds. The van der Waals surface area contributed by atoms with Crippen LogP contribution < -0.4 is 5.73 Å². The van der Waals surface area contributed by atoms with Gasteiger partial charge < -0.3 is 5.73 Å². The summed E-state index contributed by atoms with van der Waals surface area (Å²) in [5.41, 5.74) is 6.75. The maximum absolute atomic E-state index is 13.9. The largest absolute Gasteiger partial charge is 0.320 e. The van der Waals surface area contributed by atoms with E-state index in [1.54, 1.807) is 18.2 Å². The molecule has 1 unspecified atom stereocenters. The Morgan fingerprint density at radius 3 is 2.50 bits per heavy atom. The highest BCUT2D eigenvalue weighted by Crippen LogP contribution is 2.30. The molecule has 0 saturated heterocycles. The van der Waals surface area contributed by atoms with Crippen LogP contribution in [0.1, 0.15) is 17.2 Å². The number of benzene rings is 2. The molecule has 0 bridgehead atoms. The topological polar surface area (TPSA) is 26.0 Å². The lowest BCUT2D eigenvalue weighted by molar-refractivity contribution is 0.592. The van der Waals surface area contributed by atoms with E-state index in [9.17, 15) is 8.78 Å². The summed E-state index contributed by atoms with van der Waals surface area (Å²) in [5, 5.41) is 0.182. The second kappa shape index (κ2) is 5.34. The van der Waals surface area contributed by atoms with Crippen molar-refractivity contribution in [3.8, 4) is 0 Å². The van der Waals surface area contributed by atoms with Gasteiger partial charge in [0.25, 0.3) is 0 Å². The van der Waals surface area contributed by atoms with Gasteiger partial charge in [-0.1, -0.05) is 29.8 Å². The van der Waals surface area contributed by atoms with Gasteiger partial charge in [0.15, 0.2) is 0 Å². The van der Waals surface area contributed by atoms with Crippen molar-refractivity contribution in [3.05, 3.63) is 68.7 Å². The third kappa shape index (κ3) is 2.55. The van der Waals surface area contributed by atoms with Crippen LogP contribution in [0.4, 0.5) is 8.78 Å². The molecule has 0 spiro atoms. The Hall–Kier alpha value is -0.970. The van der Waals surface area contributed by atoms with E-state index < -0.39 is 17.7 Å². The zero-order chi connectivity index (χ0) is 13.3. The Bertz CT molecular complexity index is 589. The highest BCUT2D eigenvalue weighted by Gasteiger charge is 2.17. The van der Waals surface area contributed by atoms with Crippen molar-refractivity contribution in [2.24, 2.45) is 5.73 Å². The van der Waals surface area contributed by atoms with Crippen LogP contribution in [0.25, 0.3) is 0 Å². The fourth-order valence-corrected chi connectivity index (χ4v) is 2.35. The Kier molecular flexibility index (Phi) is 4.00. The van der Waals surface area contributed by atoms with Crippen LogP contribution in [-0.4, -0.2) is 0 Å². The van der Waals surface area contributed by atoms with Gasteiger partial charge >= 0.3 is 0 Å². The Morgan fingerprint density at radius 2 is 1.83 bits per heavy atom. The van der Waals surface area contributed by atoms with Crippen LogP contribution in [0.2, 0.25) is 5.02 Å². The molecule has 0 saturated carbocycles. The molecule has 0 heterocycles. The highest BCUT2D eigenvalue weighted by molar-refractivity contribution is 9.10. The first-order chi connectivity index (χ1) is 8.50. The van der Waals surface area contributed by atoms with Gasteiger partial charge in [-0.3, -0.25) is 0 Å². The fourth-order valence-electron chi connectivity index (χ4n) is 1.68. The Balaban J connectivity index is 2.48. The number of nitrogens with two attached hydrogens (primary N) is 1. The summed E-state index contributed by atoms with van der Waals surface area (Å²) in [7, 11) is 0. The van der Waals surface area contributed by atoms with E-state index in [0.29, 0.717) is 15.6 Å². The average Bonchev–Trinajstić information content (AvgIpc) is 2.32. The minimum atomic E-state index is -0.740. The molecule has 18 heavy (non-hydrogen) atoms. The molecule has 2 rings (SSSR count). The molecule has 94 valence electrons. The van der Waals surface area contributed by atoms with E-state index in [2.05, 4.69) is 15.9 Å². The molecule has 1 atom stereocenters. The zero-order valence-electron chi connectivity index (χ0n) is 9.13. The first-order valence-corrected chi connectivity index (χ1v) is 6.32. The summed E-state index contributed by atoms with van der Waals surface area (Å²) in [6, 6.07) is 7.96. The van der Waals surface area contributed by atoms with Gasteiger partial charge in [0, 0.05) is 10.6 Å². The van der Waals surface area contributed by atoms with E-state index in [-0.39, 0.29) is 5.02 Å². The standard InChI is InChI=1S/C13H9BrClF2N/c14-10-3-1-2-9(12(10)17)13(18)8-5-4-7(16)6-11(8)15/h1-6,13H,18H2. The van der Waals surface area contributed by atoms with Gasteiger partial charge in [-0.2, -0.15) is 0 Å². The SMILES string of the molecule is NC(c1ccc(F)cc1Cl)c1cccc(Br)c1F. The van der Waals surface area contributed by atoms with Gasteiger partial charge in [0.1, 0.15) is 11.6 Å². The van der Waals surface area contributed by atoms with Gasteiger partial charge in [-0.25, -0.2) is 8.78 Å². The first kappa shape index (κ1) is 13.5. The van der Waals surface area contributed by atoms with Crippen LogP contribution in [0, 0.1) is 11.6 Å². The number of rotatable bonds is 2. The minimum Gasteiger partial charge on any atom is -0.320 e. The summed E-state index contributed by atoms with van der Waals surface area (Å²) in [4.78, 5) is 0. The molecule has 0 aromatic heterocycles. The average molecular weight is 333 g/mol. The predicted octanol–water partition coefficient (Wildman–Crippen LogP) is 4.43. The summed E-state index contributed by atoms with van der Waals surface area (Å²) in [6.45, 7) is 0. The second-order valence-corrected chi connectivity index (χ2v) is 5.05. The molecular formula is C13H9BrClF2N. The molecule has 2 aromatic rings. The molecule has 0 radical (unpaired) electrons. The number of halogens is 4. The van der Waals surface area contributed by atoms with Gasteiger partial charge in [-0.05, 0) is 39.7 Å². The Morgan fingerprint density at radius 1 is 1.11 bits per heavy atom. The smallest absolute Gasteiger partial charge is 0.142 e. The fraction of sp³-hybridized carbons (Fsp3) is 0.0769. The third-order valence-corrected chi connectivity index (χ3v) is 3.55. The lowest BCUT2D eigenvalue weighted by atomic mass is 9.99. The van der Waals surface area contributed by atoms with E-state index >= 15 is 0 Å². The molecule has 0 aliphatic heterocycles. The van der Waals surface area contributed by atoms with Crippen molar-refractivity contribution in [3.63, 3.8) is 0 Å². The summed E-state index contributed by atoms with van der Waals surface area (Å²) in [6.07, 6.45) is 0. The zero-order valence-corrected chi connectivity index (χ0v) is 11.5. The molecular weight excluding hydrogens is 324 g/mol. The van der Waals surface area contributed by atoms with E-state index in [1.165, 1.54) is 12.1 Å². The van der Waals surface area contributed by atoms with Crippen molar-refractivity contribution >= 4 is 27.5 Å². The summed E-state index contributed by atoms with van der Waals surface area (Å²) >= 11 is 9.01. The van der Waals surface area contributed by atoms with Crippen molar-refractivity contribution in [2.45, 2.75) is 6.04 Å². The van der Waals surface area contributed by atoms with Crippen molar-refractivity contribution < 1.29 is 8.78 Å². The van der Waals surface area contributed by atoms with Crippen molar-refractivity contribution in [1.29, 1.82) is 0 Å². The molecule has 5 heteroatoms. The molecule has 2 aromatic carbocycles. The minimum absolute atomic E-state index is 0.182. The van der Waals surface area contributed by atoms with Crippen molar-refractivity contribution in [1.82, 2.24) is 0 Å². The third-order valence-electron chi connectivity index (χ3n) is 2.61. The maximum atomic E-state index is 13.9. The van der Waals surface area contributed by atoms with Crippen LogP contribution in [0.5, 0.6) is 0 Å². The van der Waals surface area contributed by atoms with Gasteiger partial charge in [0.05, 0.1) is 10.5 Å². The van der Waals surface area contributed by atoms with Crippen LogP contribution >= 0.6 is 27.5 Å². The molecule has 1 nitrogen and oxygen atoms in total. The number of hydrogen-bond acceptors (Lipinski definition) is 1. The number of hydrogen-bond donors (Lipinski definition) is 1. The maximum Gasteiger partial charge on any atom is 0.142 e. The van der Waals surface area contributed by atoms with Crippen LogP contribution in [0.15, 0.2) is 40.9 Å². The molecule has 2 N–H and O–H groups in total. The molecule has 0 aliphatic carbocycles. The van der Waals surface area contributed by atoms with E-state index in [0.717, 1.165) is 6.07 Å². The quantitative estimate of drug-likeness (QED) is 0.865. The van der Waals surface area contributed by atoms with E-state index in [4.69, 9.17) is 17.3 Å². The predicted molar refractivity (Wildman–Crippen MR) is 71.5 cm³/mol. The first-order valence-electron chi connectivity index (χ1n) is 5.15.